The Kier molecular flexibility index (Phi) is 9.48. The Labute approximate surface area is 230 Å². The van der Waals surface area contributed by atoms with Gasteiger partial charge in [0.05, 0.1) is 20.2 Å². The van der Waals surface area contributed by atoms with Crippen molar-refractivity contribution in [1.82, 2.24) is 19.4 Å². The van der Waals surface area contributed by atoms with E-state index in [4.69, 9.17) is 14.2 Å². The summed E-state index contributed by atoms with van der Waals surface area (Å²) < 4.78 is 19.7. The zero-order valence-corrected chi connectivity index (χ0v) is 23.4. The van der Waals surface area contributed by atoms with E-state index < -0.39 is 5.60 Å². The zero-order chi connectivity index (χ0) is 27.8. The van der Waals surface area contributed by atoms with Gasteiger partial charge in [0.2, 0.25) is 5.91 Å². The lowest BCUT2D eigenvalue weighted by atomic mass is 10.0. The van der Waals surface area contributed by atoms with E-state index >= 15 is 0 Å². The minimum atomic E-state index is -1.22. The van der Waals surface area contributed by atoms with Crippen LogP contribution in [0.4, 0.5) is 0 Å². The molecular weight excluding hydrogens is 496 g/mol. The Morgan fingerprint density at radius 2 is 1.87 bits per heavy atom. The average molecular weight is 537 g/mol. The van der Waals surface area contributed by atoms with Crippen molar-refractivity contribution in [2.45, 2.75) is 45.9 Å². The van der Waals surface area contributed by atoms with E-state index in [1.54, 1.807) is 12.0 Å². The Hall–Kier alpha value is -3.56. The van der Waals surface area contributed by atoms with E-state index in [-0.39, 0.29) is 19.1 Å². The van der Waals surface area contributed by atoms with Gasteiger partial charge in [0, 0.05) is 51.9 Å². The van der Waals surface area contributed by atoms with E-state index in [9.17, 15) is 9.90 Å². The van der Waals surface area contributed by atoms with Crippen LogP contribution in [0, 0.1) is 6.92 Å². The predicted octanol–water partition coefficient (Wildman–Crippen LogP) is 3.32. The number of carbonyl (C=O) groups is 1. The van der Waals surface area contributed by atoms with Crippen molar-refractivity contribution < 1.29 is 24.1 Å². The van der Waals surface area contributed by atoms with Gasteiger partial charge in [-0.15, -0.1) is 0 Å². The van der Waals surface area contributed by atoms with E-state index in [0.717, 1.165) is 23.4 Å². The number of aryl methyl sites for hydroxylation is 2. The number of hydrogen-bond donors (Lipinski definition) is 1. The van der Waals surface area contributed by atoms with Crippen LogP contribution in [0.3, 0.4) is 0 Å². The molecule has 4 rings (SSSR count). The molecule has 1 aromatic heterocycles. The van der Waals surface area contributed by atoms with Gasteiger partial charge in [0.1, 0.15) is 30.4 Å². The van der Waals surface area contributed by atoms with Gasteiger partial charge in [-0.2, -0.15) is 0 Å². The summed E-state index contributed by atoms with van der Waals surface area (Å²) in [5, 5.41) is 11.6. The van der Waals surface area contributed by atoms with Gasteiger partial charge >= 0.3 is 0 Å². The van der Waals surface area contributed by atoms with Crippen LogP contribution in [-0.4, -0.2) is 82.5 Å². The van der Waals surface area contributed by atoms with Crippen molar-refractivity contribution in [2.24, 2.45) is 0 Å². The van der Waals surface area contributed by atoms with Crippen molar-refractivity contribution in [1.29, 1.82) is 0 Å². The highest BCUT2D eigenvalue weighted by Crippen LogP contribution is 2.29. The molecule has 0 spiro atoms. The molecule has 0 unspecified atom stereocenters. The summed E-state index contributed by atoms with van der Waals surface area (Å²) in [4.78, 5) is 20.5. The van der Waals surface area contributed by atoms with Crippen molar-refractivity contribution in [2.75, 3.05) is 46.5 Å². The number of aliphatic hydroxyl groups is 1. The molecule has 0 saturated carbocycles. The number of methoxy groups -OCH3 is 1. The molecule has 1 N–H and O–H groups in total. The predicted molar refractivity (Wildman–Crippen MR) is 149 cm³/mol. The number of β-amino-alcohol motifs (C(OH)–C–C–N with tert-alkyl or cyclic N) is 1. The highest BCUT2D eigenvalue weighted by atomic mass is 16.5. The molecule has 210 valence electrons. The standard InChI is InChI=1S/C30H40N4O5/c1-5-29-31-12-13-33(29)16-17-38-27-11-8-25(18-28(27)37-4)19-32-14-15-34(24(3)35)21-30(36,20-32)22-39-26-9-6-23(2)7-10-26/h6-13,18,36H,5,14-17,19-22H2,1-4H3/t30-/m1/s1. The summed E-state index contributed by atoms with van der Waals surface area (Å²) in [6, 6.07) is 13.6. The number of ether oxygens (including phenoxy) is 3. The van der Waals surface area contributed by atoms with E-state index in [2.05, 4.69) is 21.4 Å². The Morgan fingerprint density at radius 1 is 1.08 bits per heavy atom. The maximum Gasteiger partial charge on any atom is 0.219 e. The molecule has 3 aromatic rings. The molecule has 0 aliphatic carbocycles. The molecular formula is C30H40N4O5. The van der Waals surface area contributed by atoms with Crippen LogP contribution in [0.15, 0.2) is 54.9 Å². The van der Waals surface area contributed by atoms with Crippen molar-refractivity contribution >= 4 is 5.91 Å². The van der Waals surface area contributed by atoms with Crippen LogP contribution >= 0.6 is 0 Å². The van der Waals surface area contributed by atoms with Crippen molar-refractivity contribution in [3.05, 3.63) is 71.8 Å². The number of benzene rings is 2. The third-order valence-electron chi connectivity index (χ3n) is 7.00. The quantitative estimate of drug-likeness (QED) is 0.402. The summed E-state index contributed by atoms with van der Waals surface area (Å²) in [7, 11) is 1.63. The number of nitrogens with zero attached hydrogens (tertiary/aromatic N) is 4. The maximum absolute atomic E-state index is 12.3. The summed E-state index contributed by atoms with van der Waals surface area (Å²) in [5.41, 5.74) is 0.950. The molecule has 2 heterocycles. The largest absolute Gasteiger partial charge is 0.493 e. The maximum atomic E-state index is 12.3. The molecule has 1 aliphatic heterocycles. The third-order valence-corrected chi connectivity index (χ3v) is 7.00. The topological polar surface area (TPSA) is 89.3 Å². The number of carbonyl (C=O) groups excluding carboxylic acids is 1. The summed E-state index contributed by atoms with van der Waals surface area (Å²) in [6.45, 7) is 9.28. The van der Waals surface area contributed by atoms with Crippen molar-refractivity contribution in [3.8, 4) is 17.2 Å². The fourth-order valence-electron chi connectivity index (χ4n) is 4.89. The monoisotopic (exact) mass is 536 g/mol. The first-order valence-corrected chi connectivity index (χ1v) is 13.5. The molecule has 39 heavy (non-hydrogen) atoms. The number of amides is 1. The highest BCUT2D eigenvalue weighted by Gasteiger charge is 2.37. The lowest BCUT2D eigenvalue weighted by Gasteiger charge is -2.32. The van der Waals surface area contributed by atoms with E-state index in [1.807, 2.05) is 61.8 Å². The molecule has 9 heteroatoms. The first kappa shape index (κ1) is 28.4. The van der Waals surface area contributed by atoms with Crippen LogP contribution in [0.2, 0.25) is 0 Å². The first-order valence-electron chi connectivity index (χ1n) is 13.5. The fourth-order valence-corrected chi connectivity index (χ4v) is 4.89. The smallest absolute Gasteiger partial charge is 0.219 e. The molecule has 0 radical (unpaired) electrons. The van der Waals surface area contributed by atoms with Crippen molar-refractivity contribution in [3.63, 3.8) is 0 Å². The number of hydrogen-bond acceptors (Lipinski definition) is 7. The molecule has 0 bridgehead atoms. The van der Waals surface area contributed by atoms with Crippen LogP contribution in [0.25, 0.3) is 0 Å². The molecule has 1 amide bonds. The fraction of sp³-hybridized carbons (Fsp3) is 0.467. The summed E-state index contributed by atoms with van der Waals surface area (Å²) in [6.07, 6.45) is 4.64. The van der Waals surface area contributed by atoms with Gasteiger partial charge in [-0.1, -0.05) is 30.7 Å². The molecule has 1 fully saturated rings. The van der Waals surface area contributed by atoms with Gasteiger partial charge < -0.3 is 28.8 Å². The first-order chi connectivity index (χ1) is 18.8. The second-order valence-corrected chi connectivity index (χ2v) is 10.2. The van der Waals surface area contributed by atoms with Gasteiger partial charge in [-0.05, 0) is 36.8 Å². The molecule has 9 nitrogen and oxygen atoms in total. The average Bonchev–Trinajstić information content (AvgIpc) is 3.31. The van der Waals surface area contributed by atoms with E-state index in [0.29, 0.717) is 56.6 Å². The molecule has 1 aliphatic rings. The number of imidazole rings is 1. The van der Waals surface area contributed by atoms with Crippen LogP contribution in [-0.2, 0) is 24.3 Å². The molecule has 1 saturated heterocycles. The van der Waals surface area contributed by atoms with Crippen LogP contribution in [0.1, 0.15) is 30.8 Å². The van der Waals surface area contributed by atoms with Gasteiger partial charge in [-0.25, -0.2) is 4.98 Å². The van der Waals surface area contributed by atoms with E-state index in [1.165, 1.54) is 6.92 Å². The molecule has 2 aromatic carbocycles. The summed E-state index contributed by atoms with van der Waals surface area (Å²) in [5.74, 6) is 3.01. The minimum Gasteiger partial charge on any atom is -0.493 e. The van der Waals surface area contributed by atoms with Gasteiger partial charge in [0.25, 0.3) is 0 Å². The SMILES string of the molecule is CCc1nccn1CCOc1ccc(CN2CCN(C(C)=O)C[C@@](O)(COc3ccc(C)cc3)C2)cc1OC. The lowest BCUT2D eigenvalue weighted by Crippen LogP contribution is -2.51. The Morgan fingerprint density at radius 3 is 2.59 bits per heavy atom. The molecule has 1 atom stereocenters. The van der Waals surface area contributed by atoms with Gasteiger partial charge in [-0.3, -0.25) is 9.69 Å². The number of rotatable bonds is 11. The summed E-state index contributed by atoms with van der Waals surface area (Å²) >= 11 is 0. The van der Waals surface area contributed by atoms with Crippen LogP contribution in [0.5, 0.6) is 17.2 Å². The Bertz CT molecular complexity index is 1230. The second-order valence-electron chi connectivity index (χ2n) is 10.2. The highest BCUT2D eigenvalue weighted by molar-refractivity contribution is 5.73. The normalized spacial score (nSPS) is 18.0. The van der Waals surface area contributed by atoms with Gasteiger partial charge in [0.15, 0.2) is 11.5 Å². The zero-order valence-electron chi connectivity index (χ0n) is 23.4. The Balaban J connectivity index is 1.41. The third kappa shape index (κ3) is 7.74. The number of aromatic nitrogens is 2. The van der Waals surface area contributed by atoms with Crippen LogP contribution < -0.4 is 14.2 Å². The second kappa shape index (κ2) is 13.0. The minimum absolute atomic E-state index is 0.0597. The lowest BCUT2D eigenvalue weighted by molar-refractivity contribution is -0.132.